The van der Waals surface area contributed by atoms with Gasteiger partial charge in [-0.3, -0.25) is 10.1 Å². The van der Waals surface area contributed by atoms with Crippen LogP contribution in [0.15, 0.2) is 12.7 Å². The molecule has 1 fully saturated rings. The molecule has 4 nitrogen and oxygen atoms in total. The van der Waals surface area contributed by atoms with Crippen molar-refractivity contribution in [1.29, 1.82) is 0 Å². The van der Waals surface area contributed by atoms with Gasteiger partial charge in [-0.2, -0.15) is 0 Å². The second-order valence-electron chi connectivity index (χ2n) is 3.74. The Morgan fingerprint density at radius 3 is 2.80 bits per heavy atom. The molecule has 0 radical (unpaired) electrons. The molecule has 0 amide bonds. The summed E-state index contributed by atoms with van der Waals surface area (Å²) in [5.41, 5.74) is -0.551. The van der Waals surface area contributed by atoms with E-state index in [9.17, 15) is 4.79 Å². The van der Waals surface area contributed by atoms with E-state index in [2.05, 4.69) is 11.9 Å². The van der Waals surface area contributed by atoms with Crippen molar-refractivity contribution in [3.8, 4) is 0 Å². The van der Waals surface area contributed by atoms with Crippen molar-refractivity contribution in [3.05, 3.63) is 12.7 Å². The van der Waals surface area contributed by atoms with Gasteiger partial charge in [0.1, 0.15) is 5.54 Å². The topological polar surface area (TPSA) is 47.6 Å². The number of rotatable bonds is 6. The van der Waals surface area contributed by atoms with Crippen LogP contribution >= 0.6 is 0 Å². The first-order valence-electron chi connectivity index (χ1n) is 5.24. The van der Waals surface area contributed by atoms with Gasteiger partial charge in [-0.1, -0.05) is 6.08 Å². The van der Waals surface area contributed by atoms with Crippen molar-refractivity contribution in [2.45, 2.75) is 31.4 Å². The maximum absolute atomic E-state index is 11.7. The predicted octanol–water partition coefficient (Wildman–Crippen LogP) is 0.873. The molecule has 0 unspecified atom stereocenters. The average molecular weight is 213 g/mol. The van der Waals surface area contributed by atoms with Gasteiger partial charge in [0.2, 0.25) is 0 Å². The van der Waals surface area contributed by atoms with Gasteiger partial charge in [0.15, 0.2) is 0 Å². The van der Waals surface area contributed by atoms with E-state index in [1.807, 2.05) is 6.92 Å². The Labute approximate surface area is 90.6 Å². The van der Waals surface area contributed by atoms with E-state index in [4.69, 9.17) is 9.47 Å². The highest BCUT2D eigenvalue weighted by Gasteiger charge is 2.51. The minimum absolute atomic E-state index is 0.159. The van der Waals surface area contributed by atoms with Gasteiger partial charge >= 0.3 is 5.97 Å². The lowest BCUT2D eigenvalue weighted by atomic mass is 9.74. The molecule has 15 heavy (non-hydrogen) atoms. The standard InChI is InChI=1S/C11H19NO3/c1-4-6-12-11(10(13)15-5-2)7-9(8-11)14-3/h4,9,12H,1,5-8H2,2-3H3. The summed E-state index contributed by atoms with van der Waals surface area (Å²) >= 11 is 0. The zero-order chi connectivity index (χ0) is 11.3. The zero-order valence-electron chi connectivity index (χ0n) is 9.41. The number of carbonyl (C=O) groups excluding carboxylic acids is 1. The fraction of sp³-hybridized carbons (Fsp3) is 0.727. The highest BCUT2D eigenvalue weighted by atomic mass is 16.5. The maximum Gasteiger partial charge on any atom is 0.326 e. The molecule has 0 spiro atoms. The smallest absolute Gasteiger partial charge is 0.326 e. The summed E-state index contributed by atoms with van der Waals surface area (Å²) in [6, 6.07) is 0. The lowest BCUT2D eigenvalue weighted by Gasteiger charge is -2.44. The first-order valence-corrected chi connectivity index (χ1v) is 5.24. The molecule has 0 saturated heterocycles. The molecule has 1 saturated carbocycles. The number of hydrogen-bond acceptors (Lipinski definition) is 4. The van der Waals surface area contributed by atoms with E-state index >= 15 is 0 Å². The quantitative estimate of drug-likeness (QED) is 0.525. The number of nitrogens with one attached hydrogen (secondary N) is 1. The average Bonchev–Trinajstić information content (AvgIpc) is 2.17. The lowest BCUT2D eigenvalue weighted by molar-refractivity contribution is -0.162. The van der Waals surface area contributed by atoms with Gasteiger partial charge in [0, 0.05) is 26.5 Å². The van der Waals surface area contributed by atoms with E-state index in [1.165, 1.54) is 0 Å². The van der Waals surface area contributed by atoms with Gasteiger partial charge < -0.3 is 9.47 Å². The Bertz CT molecular complexity index is 234. The van der Waals surface area contributed by atoms with E-state index in [-0.39, 0.29) is 12.1 Å². The Kier molecular flexibility index (Phi) is 4.29. The van der Waals surface area contributed by atoms with Crippen LogP contribution in [0.4, 0.5) is 0 Å². The molecule has 1 rings (SSSR count). The molecule has 1 aliphatic carbocycles. The number of carbonyl (C=O) groups is 1. The summed E-state index contributed by atoms with van der Waals surface area (Å²) in [5, 5.41) is 3.16. The minimum Gasteiger partial charge on any atom is -0.465 e. The van der Waals surface area contributed by atoms with Crippen LogP contribution in [0.5, 0.6) is 0 Å². The first kappa shape index (κ1) is 12.2. The van der Waals surface area contributed by atoms with E-state index < -0.39 is 5.54 Å². The Hall–Kier alpha value is -0.870. The van der Waals surface area contributed by atoms with Crippen molar-refractivity contribution in [2.24, 2.45) is 0 Å². The van der Waals surface area contributed by atoms with Crippen molar-refractivity contribution >= 4 is 5.97 Å². The van der Waals surface area contributed by atoms with Crippen LogP contribution in [-0.2, 0) is 14.3 Å². The second-order valence-corrected chi connectivity index (χ2v) is 3.74. The van der Waals surface area contributed by atoms with Gasteiger partial charge in [-0.15, -0.1) is 6.58 Å². The third-order valence-electron chi connectivity index (χ3n) is 2.74. The van der Waals surface area contributed by atoms with Crippen molar-refractivity contribution < 1.29 is 14.3 Å². The summed E-state index contributed by atoms with van der Waals surface area (Å²) in [7, 11) is 1.66. The molecule has 0 heterocycles. The highest BCUT2D eigenvalue weighted by molar-refractivity contribution is 5.82. The molecule has 0 aromatic rings. The lowest BCUT2D eigenvalue weighted by Crippen LogP contribution is -2.63. The summed E-state index contributed by atoms with van der Waals surface area (Å²) in [5.74, 6) is -0.180. The molecule has 86 valence electrons. The molecule has 0 aliphatic heterocycles. The third-order valence-corrected chi connectivity index (χ3v) is 2.74. The van der Waals surface area contributed by atoms with E-state index in [1.54, 1.807) is 13.2 Å². The van der Waals surface area contributed by atoms with Gasteiger partial charge in [0.25, 0.3) is 0 Å². The third kappa shape index (κ3) is 2.58. The first-order chi connectivity index (χ1) is 7.18. The molecule has 1 N–H and O–H groups in total. The molecule has 0 aromatic heterocycles. The minimum atomic E-state index is -0.551. The number of hydrogen-bond donors (Lipinski definition) is 1. The van der Waals surface area contributed by atoms with Crippen LogP contribution in [-0.4, -0.2) is 37.9 Å². The van der Waals surface area contributed by atoms with Crippen molar-refractivity contribution in [2.75, 3.05) is 20.3 Å². The second kappa shape index (κ2) is 5.28. The monoisotopic (exact) mass is 213 g/mol. The number of ether oxygens (including phenoxy) is 2. The van der Waals surface area contributed by atoms with Crippen LogP contribution < -0.4 is 5.32 Å². The largest absolute Gasteiger partial charge is 0.465 e. The zero-order valence-corrected chi connectivity index (χ0v) is 9.41. The van der Waals surface area contributed by atoms with E-state index in [0.717, 1.165) is 0 Å². The number of esters is 1. The summed E-state index contributed by atoms with van der Waals surface area (Å²) in [4.78, 5) is 11.7. The highest BCUT2D eigenvalue weighted by Crippen LogP contribution is 2.35. The molecular weight excluding hydrogens is 194 g/mol. The van der Waals surface area contributed by atoms with Gasteiger partial charge in [0.05, 0.1) is 12.7 Å². The molecular formula is C11H19NO3. The molecule has 1 aliphatic rings. The number of methoxy groups -OCH3 is 1. The van der Waals surface area contributed by atoms with Crippen LogP contribution in [0.1, 0.15) is 19.8 Å². The molecule has 0 aromatic carbocycles. The Balaban J connectivity index is 2.54. The molecule has 0 atom stereocenters. The van der Waals surface area contributed by atoms with Crippen LogP contribution in [0.2, 0.25) is 0 Å². The van der Waals surface area contributed by atoms with E-state index in [0.29, 0.717) is 26.0 Å². The maximum atomic E-state index is 11.7. The molecule has 4 heteroatoms. The molecule has 0 bridgehead atoms. The fourth-order valence-corrected chi connectivity index (χ4v) is 1.80. The van der Waals surface area contributed by atoms with Crippen molar-refractivity contribution in [3.63, 3.8) is 0 Å². The van der Waals surface area contributed by atoms with Crippen LogP contribution in [0.3, 0.4) is 0 Å². The SMILES string of the molecule is C=CCNC1(C(=O)OCC)CC(OC)C1. The van der Waals surface area contributed by atoms with Crippen LogP contribution in [0.25, 0.3) is 0 Å². The van der Waals surface area contributed by atoms with Crippen molar-refractivity contribution in [1.82, 2.24) is 5.32 Å². The predicted molar refractivity (Wildman–Crippen MR) is 57.6 cm³/mol. The Morgan fingerprint density at radius 2 is 2.33 bits per heavy atom. The van der Waals surface area contributed by atoms with Crippen LogP contribution in [0, 0.1) is 0 Å². The summed E-state index contributed by atoms with van der Waals surface area (Å²) < 4.78 is 10.2. The van der Waals surface area contributed by atoms with Gasteiger partial charge in [-0.05, 0) is 6.92 Å². The normalized spacial score (nSPS) is 29.3. The summed E-state index contributed by atoms with van der Waals surface area (Å²) in [6.07, 6.45) is 3.25. The summed E-state index contributed by atoms with van der Waals surface area (Å²) in [6.45, 7) is 6.45. The Morgan fingerprint density at radius 1 is 1.67 bits per heavy atom. The fourth-order valence-electron chi connectivity index (χ4n) is 1.80. The van der Waals surface area contributed by atoms with Gasteiger partial charge in [-0.25, -0.2) is 0 Å².